The van der Waals surface area contributed by atoms with Crippen molar-refractivity contribution in [1.82, 2.24) is 0 Å². The molecule has 2 aromatic carbocycles. The van der Waals surface area contributed by atoms with Gasteiger partial charge in [-0.05, 0) is 61.2 Å². The average Bonchev–Trinajstić information content (AvgIpc) is 2.51. The fourth-order valence-electron chi connectivity index (χ4n) is 2.03. The predicted octanol–water partition coefficient (Wildman–Crippen LogP) is 2.86. The molecule has 0 spiro atoms. The summed E-state index contributed by atoms with van der Waals surface area (Å²) in [6.45, 7) is 4.14. The maximum absolute atomic E-state index is 11.9. The molecule has 0 aliphatic carbocycles. The first-order chi connectivity index (χ1) is 10.6. The van der Waals surface area contributed by atoms with E-state index in [0.29, 0.717) is 12.2 Å². The lowest BCUT2D eigenvalue weighted by atomic mass is 10.1. The maximum atomic E-state index is 11.9. The topological polar surface area (TPSA) is 58.6 Å². The molecule has 0 heterocycles. The Morgan fingerprint density at radius 1 is 1.09 bits per heavy atom. The van der Waals surface area contributed by atoms with Gasteiger partial charge in [-0.3, -0.25) is 4.79 Å². The van der Waals surface area contributed by atoms with Crippen molar-refractivity contribution in [3.8, 4) is 5.75 Å². The van der Waals surface area contributed by atoms with Gasteiger partial charge in [-0.1, -0.05) is 18.2 Å². The Kier molecular flexibility index (Phi) is 5.55. The molecule has 0 aliphatic rings. The van der Waals surface area contributed by atoms with Crippen LogP contribution in [0.15, 0.2) is 42.5 Å². The minimum atomic E-state index is -0.201. The van der Waals surface area contributed by atoms with E-state index < -0.39 is 0 Å². The normalized spacial score (nSPS) is 10.3. The molecule has 0 unspecified atom stereocenters. The Balaban J connectivity index is 1.85. The second-order valence-corrected chi connectivity index (χ2v) is 5.25. The number of aryl methyl sites for hydroxylation is 2. The van der Waals surface area contributed by atoms with Crippen molar-refractivity contribution in [2.75, 3.05) is 18.5 Å². The fourth-order valence-corrected chi connectivity index (χ4v) is 2.03. The van der Waals surface area contributed by atoms with Gasteiger partial charge in [-0.25, -0.2) is 0 Å². The zero-order valence-electron chi connectivity index (χ0n) is 12.9. The van der Waals surface area contributed by atoms with Gasteiger partial charge < -0.3 is 15.2 Å². The second kappa shape index (κ2) is 7.61. The van der Waals surface area contributed by atoms with Gasteiger partial charge in [0.15, 0.2) is 6.61 Å². The number of ether oxygens (including phenoxy) is 1. The number of hydrogen-bond donors (Lipinski definition) is 2. The molecule has 2 rings (SSSR count). The van der Waals surface area contributed by atoms with E-state index in [2.05, 4.69) is 5.32 Å². The van der Waals surface area contributed by atoms with Crippen molar-refractivity contribution in [3.63, 3.8) is 0 Å². The smallest absolute Gasteiger partial charge is 0.262 e. The second-order valence-electron chi connectivity index (χ2n) is 5.25. The van der Waals surface area contributed by atoms with Crippen LogP contribution in [-0.4, -0.2) is 24.2 Å². The molecule has 2 aromatic rings. The van der Waals surface area contributed by atoms with Gasteiger partial charge in [-0.15, -0.1) is 0 Å². The van der Waals surface area contributed by atoms with E-state index in [0.717, 1.165) is 16.8 Å². The van der Waals surface area contributed by atoms with Gasteiger partial charge in [0, 0.05) is 12.3 Å². The summed E-state index contributed by atoms with van der Waals surface area (Å²) in [7, 11) is 0. The molecule has 116 valence electrons. The Hall–Kier alpha value is -2.33. The van der Waals surface area contributed by atoms with E-state index in [1.54, 1.807) is 0 Å². The molecule has 22 heavy (non-hydrogen) atoms. The lowest BCUT2D eigenvalue weighted by molar-refractivity contribution is -0.118. The summed E-state index contributed by atoms with van der Waals surface area (Å²) in [6.07, 6.45) is 0.615. The Labute approximate surface area is 130 Å². The van der Waals surface area contributed by atoms with Crippen molar-refractivity contribution in [3.05, 3.63) is 59.2 Å². The largest absolute Gasteiger partial charge is 0.484 e. The maximum Gasteiger partial charge on any atom is 0.262 e. The van der Waals surface area contributed by atoms with E-state index in [1.807, 2.05) is 56.3 Å². The lowest BCUT2D eigenvalue weighted by Crippen LogP contribution is -2.20. The molecule has 0 fully saturated rings. The minimum Gasteiger partial charge on any atom is -0.484 e. The van der Waals surface area contributed by atoms with Crippen LogP contribution in [0.4, 0.5) is 5.69 Å². The molecule has 4 heteroatoms. The van der Waals surface area contributed by atoms with Crippen LogP contribution in [0, 0.1) is 13.8 Å². The Morgan fingerprint density at radius 2 is 1.82 bits per heavy atom. The summed E-state index contributed by atoms with van der Waals surface area (Å²) in [5, 5.41) is 11.6. The number of rotatable bonds is 6. The first kappa shape index (κ1) is 16.0. The van der Waals surface area contributed by atoms with E-state index in [1.165, 1.54) is 5.56 Å². The van der Waals surface area contributed by atoms with Crippen LogP contribution in [0.1, 0.15) is 16.7 Å². The quantitative estimate of drug-likeness (QED) is 0.862. The van der Waals surface area contributed by atoms with Crippen molar-refractivity contribution in [1.29, 1.82) is 0 Å². The zero-order valence-corrected chi connectivity index (χ0v) is 12.9. The van der Waals surface area contributed by atoms with Gasteiger partial charge >= 0.3 is 0 Å². The monoisotopic (exact) mass is 299 g/mol. The van der Waals surface area contributed by atoms with Gasteiger partial charge in [0.25, 0.3) is 5.91 Å². The average molecular weight is 299 g/mol. The van der Waals surface area contributed by atoms with Gasteiger partial charge in [-0.2, -0.15) is 0 Å². The highest BCUT2D eigenvalue weighted by atomic mass is 16.5. The summed E-state index contributed by atoms with van der Waals surface area (Å²) in [4.78, 5) is 11.9. The number of carbonyl (C=O) groups excluding carboxylic acids is 1. The Morgan fingerprint density at radius 3 is 2.45 bits per heavy atom. The van der Waals surface area contributed by atoms with Crippen molar-refractivity contribution < 1.29 is 14.6 Å². The van der Waals surface area contributed by atoms with Crippen molar-refractivity contribution in [2.45, 2.75) is 20.3 Å². The van der Waals surface area contributed by atoms with Crippen LogP contribution in [0.3, 0.4) is 0 Å². The minimum absolute atomic E-state index is 0.0269. The summed E-state index contributed by atoms with van der Waals surface area (Å²) in [5.74, 6) is 0.490. The fraction of sp³-hybridized carbons (Fsp3) is 0.278. The van der Waals surface area contributed by atoms with Gasteiger partial charge in [0.1, 0.15) is 5.75 Å². The van der Waals surface area contributed by atoms with Crippen LogP contribution < -0.4 is 10.1 Å². The van der Waals surface area contributed by atoms with Crippen LogP contribution in [0.25, 0.3) is 0 Å². The number of hydrogen-bond acceptors (Lipinski definition) is 3. The van der Waals surface area contributed by atoms with Crippen LogP contribution in [0.5, 0.6) is 5.75 Å². The highest BCUT2D eigenvalue weighted by Gasteiger charge is 2.05. The van der Waals surface area contributed by atoms with Crippen molar-refractivity contribution >= 4 is 11.6 Å². The molecule has 0 saturated carbocycles. The highest BCUT2D eigenvalue weighted by molar-refractivity contribution is 5.91. The number of benzene rings is 2. The van der Waals surface area contributed by atoms with Crippen LogP contribution in [-0.2, 0) is 11.2 Å². The first-order valence-corrected chi connectivity index (χ1v) is 7.28. The summed E-state index contributed by atoms with van der Waals surface area (Å²) < 4.78 is 5.49. The molecular formula is C18H21NO3. The molecule has 0 radical (unpaired) electrons. The molecule has 0 saturated heterocycles. The molecule has 0 atom stereocenters. The number of carbonyl (C=O) groups is 1. The third kappa shape index (κ3) is 4.60. The summed E-state index contributed by atoms with van der Waals surface area (Å²) >= 11 is 0. The molecular weight excluding hydrogens is 278 g/mol. The standard InChI is InChI=1S/C18H21NO3/c1-13-3-8-17(11-14(13)2)22-12-18(21)19-16-6-4-15(5-7-16)9-10-20/h3-8,11,20H,9-10,12H2,1-2H3,(H,19,21). The first-order valence-electron chi connectivity index (χ1n) is 7.28. The van der Waals surface area contributed by atoms with E-state index >= 15 is 0 Å². The molecule has 0 bridgehead atoms. The van der Waals surface area contributed by atoms with Crippen LogP contribution in [0.2, 0.25) is 0 Å². The van der Waals surface area contributed by atoms with Gasteiger partial charge in [0.05, 0.1) is 0 Å². The number of amides is 1. The molecule has 0 aliphatic heterocycles. The highest BCUT2D eigenvalue weighted by Crippen LogP contribution is 2.16. The van der Waals surface area contributed by atoms with Crippen molar-refractivity contribution in [2.24, 2.45) is 0 Å². The van der Waals surface area contributed by atoms with Crippen LogP contribution >= 0.6 is 0 Å². The molecule has 1 amide bonds. The van der Waals surface area contributed by atoms with E-state index in [-0.39, 0.29) is 19.1 Å². The number of aliphatic hydroxyl groups is 1. The van der Waals surface area contributed by atoms with Gasteiger partial charge in [0.2, 0.25) is 0 Å². The summed E-state index contributed by atoms with van der Waals surface area (Å²) in [6, 6.07) is 13.2. The Bertz CT molecular complexity index is 635. The van der Waals surface area contributed by atoms with E-state index in [9.17, 15) is 4.79 Å². The zero-order chi connectivity index (χ0) is 15.9. The molecule has 4 nitrogen and oxygen atoms in total. The van der Waals surface area contributed by atoms with E-state index in [4.69, 9.17) is 9.84 Å². The number of anilines is 1. The third-order valence-electron chi connectivity index (χ3n) is 3.49. The lowest BCUT2D eigenvalue weighted by Gasteiger charge is -2.09. The number of nitrogens with one attached hydrogen (secondary N) is 1. The predicted molar refractivity (Wildman–Crippen MR) is 87.3 cm³/mol. The molecule has 0 aromatic heterocycles. The molecule has 2 N–H and O–H groups in total. The third-order valence-corrected chi connectivity index (χ3v) is 3.49. The SMILES string of the molecule is Cc1ccc(OCC(=O)Nc2ccc(CCO)cc2)cc1C. The summed E-state index contributed by atoms with van der Waals surface area (Å²) in [5.41, 5.74) is 4.08. The number of aliphatic hydroxyl groups excluding tert-OH is 1.